The summed E-state index contributed by atoms with van der Waals surface area (Å²) in [6.07, 6.45) is 4.44. The highest BCUT2D eigenvalue weighted by Crippen LogP contribution is 2.39. The minimum absolute atomic E-state index is 0.252. The van der Waals surface area contributed by atoms with Gasteiger partial charge in [-0.15, -0.1) is 0 Å². The van der Waals surface area contributed by atoms with E-state index in [1.54, 1.807) is 14.2 Å². The van der Waals surface area contributed by atoms with Gasteiger partial charge in [-0.25, -0.2) is 0 Å². The average molecular weight is 539 g/mol. The minimum Gasteiger partial charge on any atom is -0.507 e. The van der Waals surface area contributed by atoms with Crippen LogP contribution in [0.1, 0.15) is 36.8 Å². The summed E-state index contributed by atoms with van der Waals surface area (Å²) in [5, 5.41) is 29.7. The highest BCUT2D eigenvalue weighted by Gasteiger charge is 2.25. The topological polar surface area (TPSA) is 83.0 Å². The quantitative estimate of drug-likeness (QED) is 0.181. The van der Waals surface area contributed by atoms with Crippen molar-refractivity contribution in [2.45, 2.75) is 50.9 Å². The van der Waals surface area contributed by atoms with Gasteiger partial charge in [-0.2, -0.15) is 0 Å². The number of ether oxygens (including phenoxy) is 2. The lowest BCUT2D eigenvalue weighted by molar-refractivity contribution is 0.279. The molecular weight excluding hydrogens is 500 g/mol. The van der Waals surface area contributed by atoms with Crippen LogP contribution in [0.3, 0.4) is 0 Å². The molecule has 0 amide bonds. The Morgan fingerprint density at radius 1 is 0.575 bits per heavy atom. The van der Waals surface area contributed by atoms with E-state index >= 15 is 0 Å². The van der Waals surface area contributed by atoms with E-state index in [2.05, 4.69) is 10.6 Å². The summed E-state index contributed by atoms with van der Waals surface area (Å²) in [7, 11) is 3.29. The number of para-hydroxylation sites is 4. The van der Waals surface area contributed by atoms with Crippen LogP contribution in [-0.2, 0) is 13.1 Å². The molecule has 1 aliphatic carbocycles. The van der Waals surface area contributed by atoms with Gasteiger partial charge >= 0.3 is 0 Å². The molecule has 40 heavy (non-hydrogen) atoms. The second kappa shape index (κ2) is 12.9. The van der Waals surface area contributed by atoms with Gasteiger partial charge in [-0.05, 0) is 25.0 Å². The molecule has 0 heterocycles. The second-order valence-electron chi connectivity index (χ2n) is 10.3. The van der Waals surface area contributed by atoms with Gasteiger partial charge in [-0.1, -0.05) is 85.6 Å². The van der Waals surface area contributed by atoms with Crippen molar-refractivity contribution in [1.82, 2.24) is 10.6 Å². The van der Waals surface area contributed by atoms with Crippen LogP contribution in [0.5, 0.6) is 23.0 Å². The fraction of sp³-hybridized carbons (Fsp3) is 0.294. The molecule has 0 spiro atoms. The highest BCUT2D eigenvalue weighted by molar-refractivity contribution is 5.77. The van der Waals surface area contributed by atoms with Crippen molar-refractivity contribution >= 4 is 0 Å². The van der Waals surface area contributed by atoms with Crippen LogP contribution < -0.4 is 20.1 Å². The summed E-state index contributed by atoms with van der Waals surface area (Å²) < 4.78 is 11.0. The molecule has 1 fully saturated rings. The zero-order chi connectivity index (χ0) is 27.9. The third-order valence-electron chi connectivity index (χ3n) is 7.91. The fourth-order valence-electron chi connectivity index (χ4n) is 5.74. The first-order chi connectivity index (χ1) is 19.6. The Labute approximate surface area is 236 Å². The summed E-state index contributed by atoms with van der Waals surface area (Å²) in [6, 6.07) is 27.7. The maximum Gasteiger partial charge on any atom is 0.128 e. The Balaban J connectivity index is 1.28. The van der Waals surface area contributed by atoms with Gasteiger partial charge in [0.05, 0.1) is 14.2 Å². The molecule has 6 heteroatoms. The minimum atomic E-state index is 0.252. The number of phenolic OH excluding ortho intramolecular Hbond substituents is 2. The summed E-state index contributed by atoms with van der Waals surface area (Å²) >= 11 is 0. The average Bonchev–Trinajstić information content (AvgIpc) is 3.00. The van der Waals surface area contributed by atoms with Crippen LogP contribution >= 0.6 is 0 Å². The predicted octanol–water partition coefficient (Wildman–Crippen LogP) is 6.64. The second-order valence-corrected chi connectivity index (χ2v) is 10.3. The number of hydrogen-bond acceptors (Lipinski definition) is 6. The van der Waals surface area contributed by atoms with Crippen molar-refractivity contribution in [3.8, 4) is 45.3 Å². The van der Waals surface area contributed by atoms with Gasteiger partial charge in [0, 0.05) is 58.6 Å². The van der Waals surface area contributed by atoms with Crippen molar-refractivity contribution in [2.24, 2.45) is 0 Å². The molecular formula is C34H38N2O4. The number of methoxy groups -OCH3 is 2. The molecule has 0 aliphatic heterocycles. The van der Waals surface area contributed by atoms with E-state index in [1.807, 2.05) is 84.9 Å². The Hall–Kier alpha value is -4.00. The first-order valence-electron chi connectivity index (χ1n) is 14.0. The van der Waals surface area contributed by atoms with E-state index in [4.69, 9.17) is 9.47 Å². The molecule has 4 aromatic carbocycles. The summed E-state index contributed by atoms with van der Waals surface area (Å²) in [4.78, 5) is 0. The van der Waals surface area contributed by atoms with Crippen LogP contribution in [0.4, 0.5) is 0 Å². The first-order valence-corrected chi connectivity index (χ1v) is 14.0. The predicted molar refractivity (Wildman–Crippen MR) is 160 cm³/mol. The lowest BCUT2D eigenvalue weighted by Crippen LogP contribution is -2.49. The molecule has 2 atom stereocenters. The number of phenols is 2. The molecule has 1 unspecified atom stereocenters. The molecule has 0 bridgehead atoms. The van der Waals surface area contributed by atoms with Gasteiger partial charge in [0.25, 0.3) is 0 Å². The molecule has 0 aromatic heterocycles. The van der Waals surface area contributed by atoms with Gasteiger partial charge < -0.3 is 30.3 Å². The fourth-order valence-corrected chi connectivity index (χ4v) is 5.74. The standard InChI is InChI=1S/C34H38N2O4/c1-39-31-19-7-3-13-25(31)27-15-9-11-23(33(27)37)21-35-29-17-5-6-18-30(29)36-22-24-12-10-16-28(34(24)38)26-14-4-8-20-32(26)40-2/h3-4,7-16,19-20,29-30,35-38H,5-6,17-18,21-22H2,1-2H3/t29-,30?/m1/s1. The summed E-state index contributed by atoms with van der Waals surface area (Å²) in [5.41, 5.74) is 4.99. The van der Waals surface area contributed by atoms with Gasteiger partial charge in [-0.3, -0.25) is 0 Å². The monoisotopic (exact) mass is 538 g/mol. The van der Waals surface area contributed by atoms with Gasteiger partial charge in [0.15, 0.2) is 0 Å². The molecule has 0 radical (unpaired) electrons. The van der Waals surface area contributed by atoms with E-state index in [-0.39, 0.29) is 23.6 Å². The zero-order valence-electron chi connectivity index (χ0n) is 23.2. The van der Waals surface area contributed by atoms with E-state index in [0.717, 1.165) is 70.6 Å². The molecule has 0 saturated heterocycles. The smallest absolute Gasteiger partial charge is 0.128 e. The lowest BCUT2D eigenvalue weighted by Gasteiger charge is -2.33. The third-order valence-corrected chi connectivity index (χ3v) is 7.91. The van der Waals surface area contributed by atoms with E-state index in [0.29, 0.717) is 13.1 Å². The molecule has 4 N–H and O–H groups in total. The summed E-state index contributed by atoms with van der Waals surface area (Å²) in [5.74, 6) is 2.02. The molecule has 208 valence electrons. The maximum atomic E-state index is 11.1. The molecule has 4 aromatic rings. The van der Waals surface area contributed by atoms with Crippen molar-refractivity contribution in [1.29, 1.82) is 0 Å². The van der Waals surface area contributed by atoms with E-state index in [9.17, 15) is 10.2 Å². The number of aromatic hydroxyl groups is 2. The van der Waals surface area contributed by atoms with Gasteiger partial charge in [0.1, 0.15) is 23.0 Å². The van der Waals surface area contributed by atoms with E-state index < -0.39 is 0 Å². The van der Waals surface area contributed by atoms with Crippen molar-refractivity contribution in [3.05, 3.63) is 96.1 Å². The van der Waals surface area contributed by atoms with Crippen molar-refractivity contribution in [3.63, 3.8) is 0 Å². The molecule has 5 rings (SSSR count). The number of hydrogen-bond donors (Lipinski definition) is 4. The molecule has 6 nitrogen and oxygen atoms in total. The van der Waals surface area contributed by atoms with E-state index in [1.165, 1.54) is 0 Å². The third kappa shape index (κ3) is 5.93. The van der Waals surface area contributed by atoms with Crippen LogP contribution in [-0.4, -0.2) is 36.5 Å². The SMILES string of the molecule is COc1ccccc1-c1cccc(CNC2CCCC[C@H]2NCc2cccc(-c3ccccc3OC)c2O)c1O. The van der Waals surface area contributed by atoms with Crippen LogP contribution in [0.15, 0.2) is 84.9 Å². The van der Waals surface area contributed by atoms with Crippen molar-refractivity contribution < 1.29 is 19.7 Å². The lowest BCUT2D eigenvalue weighted by atomic mass is 9.89. The normalized spacial score (nSPS) is 16.9. The Morgan fingerprint density at radius 3 is 1.40 bits per heavy atom. The van der Waals surface area contributed by atoms with Crippen LogP contribution in [0, 0.1) is 0 Å². The number of rotatable bonds is 10. The Kier molecular flexibility index (Phi) is 8.89. The first kappa shape index (κ1) is 27.6. The largest absolute Gasteiger partial charge is 0.507 e. The van der Waals surface area contributed by atoms with Crippen molar-refractivity contribution in [2.75, 3.05) is 14.2 Å². The zero-order valence-corrected chi connectivity index (χ0v) is 23.2. The maximum absolute atomic E-state index is 11.1. The van der Waals surface area contributed by atoms with Gasteiger partial charge in [0.2, 0.25) is 0 Å². The molecule has 1 saturated carbocycles. The van der Waals surface area contributed by atoms with Crippen LogP contribution in [0.2, 0.25) is 0 Å². The number of benzene rings is 4. The summed E-state index contributed by atoms with van der Waals surface area (Å²) in [6.45, 7) is 1.12. The van der Waals surface area contributed by atoms with Crippen LogP contribution in [0.25, 0.3) is 22.3 Å². The highest BCUT2D eigenvalue weighted by atomic mass is 16.5. The Bertz CT molecular complexity index is 1330. The Morgan fingerprint density at radius 2 is 0.975 bits per heavy atom. The molecule has 1 aliphatic rings. The number of nitrogens with one attached hydrogen (secondary N) is 2.